The minimum Gasteiger partial charge on any atom is -0.368 e. The Kier molecular flexibility index (Phi) is 6.52. The van der Waals surface area contributed by atoms with Gasteiger partial charge in [0.25, 0.3) is 0 Å². The predicted molar refractivity (Wildman–Crippen MR) is 92.6 cm³/mol. The molecule has 1 heterocycles. The highest BCUT2D eigenvalue weighted by molar-refractivity contribution is 6.33. The molecule has 1 aromatic carbocycles. The summed E-state index contributed by atoms with van der Waals surface area (Å²) in [5, 5.41) is 3.86. The number of carbonyl (C=O) groups is 1. The molecule has 1 saturated heterocycles. The summed E-state index contributed by atoms with van der Waals surface area (Å²) in [6, 6.07) is 8.20. The van der Waals surface area contributed by atoms with Gasteiger partial charge in [0.1, 0.15) is 0 Å². The van der Waals surface area contributed by atoms with Gasteiger partial charge in [-0.05, 0) is 25.5 Å². The van der Waals surface area contributed by atoms with Crippen LogP contribution >= 0.6 is 11.6 Å². The Labute approximate surface area is 138 Å². The van der Waals surface area contributed by atoms with Crippen molar-refractivity contribution in [2.24, 2.45) is 0 Å². The van der Waals surface area contributed by atoms with Crippen molar-refractivity contribution in [3.05, 3.63) is 29.3 Å². The van der Waals surface area contributed by atoms with E-state index >= 15 is 0 Å². The van der Waals surface area contributed by atoms with Crippen LogP contribution in [-0.4, -0.2) is 49.6 Å². The van der Waals surface area contributed by atoms with E-state index in [-0.39, 0.29) is 11.9 Å². The second-order valence-corrected chi connectivity index (χ2v) is 6.38. The molecule has 122 valence electrons. The van der Waals surface area contributed by atoms with Crippen molar-refractivity contribution in [1.82, 2.24) is 10.2 Å². The Morgan fingerprint density at radius 3 is 2.59 bits per heavy atom. The summed E-state index contributed by atoms with van der Waals surface area (Å²) in [7, 11) is 0. The molecule has 0 radical (unpaired) electrons. The normalized spacial score (nSPS) is 17.3. The molecule has 1 aromatic rings. The van der Waals surface area contributed by atoms with Crippen LogP contribution in [0.15, 0.2) is 24.3 Å². The molecule has 0 saturated carbocycles. The van der Waals surface area contributed by atoms with Crippen molar-refractivity contribution in [2.75, 3.05) is 37.6 Å². The maximum absolute atomic E-state index is 12.0. The minimum absolute atomic E-state index is 0.132. The van der Waals surface area contributed by atoms with Gasteiger partial charge < -0.3 is 10.2 Å². The van der Waals surface area contributed by atoms with Crippen LogP contribution in [0.5, 0.6) is 0 Å². The van der Waals surface area contributed by atoms with Gasteiger partial charge in [0, 0.05) is 32.2 Å². The highest BCUT2D eigenvalue weighted by Crippen LogP contribution is 2.25. The number of nitrogens with one attached hydrogen (secondary N) is 1. The molecule has 0 aromatic heterocycles. The number of amides is 1. The number of carbonyl (C=O) groups excluding carboxylic acids is 1. The zero-order valence-electron chi connectivity index (χ0n) is 13.5. The van der Waals surface area contributed by atoms with Gasteiger partial charge in [-0.15, -0.1) is 0 Å². The number of benzene rings is 1. The summed E-state index contributed by atoms with van der Waals surface area (Å²) >= 11 is 6.25. The first-order chi connectivity index (χ1) is 10.6. The summed E-state index contributed by atoms with van der Waals surface area (Å²) in [5.41, 5.74) is 1.09. The van der Waals surface area contributed by atoms with Gasteiger partial charge in [0.15, 0.2) is 0 Å². The molecule has 1 atom stereocenters. The number of nitrogens with zero attached hydrogens (tertiary/aromatic N) is 2. The summed E-state index contributed by atoms with van der Waals surface area (Å²) in [4.78, 5) is 16.5. The Balaban J connectivity index is 1.78. The van der Waals surface area contributed by atoms with Crippen molar-refractivity contribution in [1.29, 1.82) is 0 Å². The van der Waals surface area contributed by atoms with E-state index in [0.29, 0.717) is 6.54 Å². The predicted octanol–water partition coefficient (Wildman–Crippen LogP) is 2.77. The smallest absolute Gasteiger partial charge is 0.234 e. The maximum atomic E-state index is 12.0. The SMILES string of the molecule is CCC[C@H](C)NC(=O)CN1CCN(c2ccccc2Cl)CC1. The van der Waals surface area contributed by atoms with Crippen LogP contribution < -0.4 is 10.2 Å². The number of halogens is 1. The van der Waals surface area contributed by atoms with Crippen LogP contribution in [-0.2, 0) is 4.79 Å². The Hall–Kier alpha value is -1.26. The lowest BCUT2D eigenvalue weighted by Gasteiger charge is -2.36. The Morgan fingerprint density at radius 2 is 1.95 bits per heavy atom. The van der Waals surface area contributed by atoms with E-state index in [1.165, 1.54) is 0 Å². The number of piperazine rings is 1. The van der Waals surface area contributed by atoms with Crippen molar-refractivity contribution in [3.63, 3.8) is 0 Å². The molecular formula is C17H26ClN3O. The third-order valence-electron chi connectivity index (χ3n) is 4.06. The topological polar surface area (TPSA) is 35.6 Å². The maximum Gasteiger partial charge on any atom is 0.234 e. The van der Waals surface area contributed by atoms with Crippen LogP contribution in [0.4, 0.5) is 5.69 Å². The van der Waals surface area contributed by atoms with Crippen LogP contribution in [0.3, 0.4) is 0 Å². The van der Waals surface area contributed by atoms with E-state index < -0.39 is 0 Å². The van der Waals surface area contributed by atoms with Crippen molar-refractivity contribution >= 4 is 23.2 Å². The molecule has 1 aliphatic rings. The second-order valence-electron chi connectivity index (χ2n) is 5.97. The van der Waals surface area contributed by atoms with Crippen LogP contribution in [0, 0.1) is 0 Å². The molecule has 0 bridgehead atoms. The first-order valence-corrected chi connectivity index (χ1v) is 8.49. The molecule has 1 N–H and O–H groups in total. The fourth-order valence-electron chi connectivity index (χ4n) is 2.88. The number of hydrogen-bond acceptors (Lipinski definition) is 3. The Bertz CT molecular complexity index is 487. The molecule has 1 aliphatic heterocycles. The quantitative estimate of drug-likeness (QED) is 0.874. The van der Waals surface area contributed by atoms with Gasteiger partial charge in [-0.1, -0.05) is 37.1 Å². The number of anilines is 1. The van der Waals surface area contributed by atoms with Gasteiger partial charge >= 0.3 is 0 Å². The number of para-hydroxylation sites is 1. The van der Waals surface area contributed by atoms with E-state index in [1.54, 1.807) is 0 Å². The largest absolute Gasteiger partial charge is 0.368 e. The highest BCUT2D eigenvalue weighted by atomic mass is 35.5. The lowest BCUT2D eigenvalue weighted by Crippen LogP contribution is -2.50. The van der Waals surface area contributed by atoms with Crippen molar-refractivity contribution in [3.8, 4) is 0 Å². The third-order valence-corrected chi connectivity index (χ3v) is 4.38. The van der Waals surface area contributed by atoms with Gasteiger partial charge in [0.2, 0.25) is 5.91 Å². The molecule has 4 nitrogen and oxygen atoms in total. The van der Waals surface area contributed by atoms with Crippen LogP contribution in [0.25, 0.3) is 0 Å². The first-order valence-electron chi connectivity index (χ1n) is 8.11. The number of rotatable bonds is 6. The van der Waals surface area contributed by atoms with Gasteiger partial charge in [-0.2, -0.15) is 0 Å². The van der Waals surface area contributed by atoms with Crippen LogP contribution in [0.2, 0.25) is 5.02 Å². The van der Waals surface area contributed by atoms with Gasteiger partial charge in [-0.3, -0.25) is 9.69 Å². The van der Waals surface area contributed by atoms with Gasteiger partial charge in [0.05, 0.1) is 17.3 Å². The molecule has 5 heteroatoms. The zero-order valence-corrected chi connectivity index (χ0v) is 14.3. The average molecular weight is 324 g/mol. The molecule has 0 spiro atoms. The standard InChI is InChI=1S/C17H26ClN3O/c1-3-6-14(2)19-17(22)13-20-9-11-21(12-10-20)16-8-5-4-7-15(16)18/h4-5,7-8,14H,3,6,9-13H2,1-2H3,(H,19,22)/t14-/m0/s1. The molecule has 0 unspecified atom stereocenters. The monoisotopic (exact) mass is 323 g/mol. The fraction of sp³-hybridized carbons (Fsp3) is 0.588. The minimum atomic E-state index is 0.132. The van der Waals surface area contributed by atoms with E-state index in [9.17, 15) is 4.79 Å². The zero-order chi connectivity index (χ0) is 15.9. The molecule has 2 rings (SSSR count). The molecule has 1 fully saturated rings. The van der Waals surface area contributed by atoms with Crippen LogP contribution in [0.1, 0.15) is 26.7 Å². The molecular weight excluding hydrogens is 298 g/mol. The average Bonchev–Trinajstić information content (AvgIpc) is 2.49. The number of hydrogen-bond donors (Lipinski definition) is 1. The summed E-state index contributed by atoms with van der Waals surface area (Å²) in [6.45, 7) is 8.28. The second kappa shape index (κ2) is 8.39. The first kappa shape index (κ1) is 17.1. The van der Waals surface area contributed by atoms with Crippen molar-refractivity contribution in [2.45, 2.75) is 32.7 Å². The molecule has 1 amide bonds. The molecule has 22 heavy (non-hydrogen) atoms. The summed E-state index contributed by atoms with van der Waals surface area (Å²) in [6.07, 6.45) is 2.13. The third kappa shape index (κ3) is 4.89. The fourth-order valence-corrected chi connectivity index (χ4v) is 3.14. The summed E-state index contributed by atoms with van der Waals surface area (Å²) in [5.74, 6) is 0.132. The molecule has 0 aliphatic carbocycles. The van der Waals surface area contributed by atoms with Crippen molar-refractivity contribution < 1.29 is 4.79 Å². The lowest BCUT2D eigenvalue weighted by atomic mass is 10.2. The van der Waals surface area contributed by atoms with E-state index in [4.69, 9.17) is 11.6 Å². The summed E-state index contributed by atoms with van der Waals surface area (Å²) < 4.78 is 0. The lowest BCUT2D eigenvalue weighted by molar-refractivity contribution is -0.122. The van der Waals surface area contributed by atoms with E-state index in [0.717, 1.165) is 49.7 Å². The van der Waals surface area contributed by atoms with E-state index in [2.05, 4.69) is 35.0 Å². The highest BCUT2D eigenvalue weighted by Gasteiger charge is 2.20. The Morgan fingerprint density at radius 1 is 1.27 bits per heavy atom. The van der Waals surface area contributed by atoms with E-state index in [1.807, 2.05) is 18.2 Å². The van der Waals surface area contributed by atoms with Gasteiger partial charge in [-0.25, -0.2) is 0 Å².